The molecule has 1 aromatic rings. The molecule has 0 aliphatic rings. The van der Waals surface area contributed by atoms with E-state index in [9.17, 15) is 9.90 Å². The van der Waals surface area contributed by atoms with Crippen LogP contribution in [0.15, 0.2) is 18.2 Å². The van der Waals surface area contributed by atoms with Gasteiger partial charge in [-0.15, -0.1) is 0 Å². The average molecular weight is 337 g/mol. The summed E-state index contributed by atoms with van der Waals surface area (Å²) in [4.78, 5) is 12.2. The molecule has 138 valence electrons. The summed E-state index contributed by atoms with van der Waals surface area (Å²) in [6.45, 7) is 10.6. The van der Waals surface area contributed by atoms with Crippen molar-refractivity contribution in [1.82, 2.24) is 0 Å². The quantitative estimate of drug-likeness (QED) is 0.510. The molecule has 0 fully saturated rings. The zero-order chi connectivity index (χ0) is 18.4. The van der Waals surface area contributed by atoms with Gasteiger partial charge in [0.05, 0.1) is 6.61 Å². The first-order chi connectivity index (χ1) is 11.6. The van der Waals surface area contributed by atoms with Gasteiger partial charge >= 0.3 is 0 Å². The fraction of sp³-hybridized carbons (Fsp3) is 0.667. The molecule has 0 heterocycles. The van der Waals surface area contributed by atoms with Crippen LogP contribution >= 0.6 is 0 Å². The van der Waals surface area contributed by atoms with Gasteiger partial charge in [-0.25, -0.2) is 0 Å². The maximum Gasteiger partial charge on any atom is 0.161 e. The van der Waals surface area contributed by atoms with E-state index >= 15 is 0 Å². The lowest BCUT2D eigenvalue weighted by atomic mass is 9.93. The fourth-order valence-electron chi connectivity index (χ4n) is 2.57. The molecular weight excluding hydrogens is 300 g/mol. The van der Waals surface area contributed by atoms with Crippen LogP contribution in [0.5, 0.6) is 11.5 Å². The van der Waals surface area contributed by atoms with Crippen LogP contribution < -0.4 is 4.74 Å². The third-order valence-electron chi connectivity index (χ3n) is 3.94. The molecule has 0 radical (unpaired) electrons. The van der Waals surface area contributed by atoms with Gasteiger partial charge in [-0.1, -0.05) is 59.4 Å². The number of unbranched alkanes of at least 4 members (excludes halogenated alkanes) is 4. The smallest absolute Gasteiger partial charge is 0.161 e. The van der Waals surface area contributed by atoms with Crippen molar-refractivity contribution in [3.05, 3.63) is 23.8 Å². The molecule has 3 heteroatoms. The van der Waals surface area contributed by atoms with Gasteiger partial charge in [-0.05, 0) is 37.5 Å². The Bertz CT molecular complexity index is 454. The zero-order valence-corrected chi connectivity index (χ0v) is 16.2. The van der Waals surface area contributed by atoms with E-state index in [0.29, 0.717) is 31.0 Å². The number of ether oxygens (including phenoxy) is 1. The first kappa shape index (κ1) is 22.5. The number of rotatable bonds is 11. The summed E-state index contributed by atoms with van der Waals surface area (Å²) >= 11 is 0. The zero-order valence-electron chi connectivity index (χ0n) is 16.2. The van der Waals surface area contributed by atoms with Gasteiger partial charge in [-0.2, -0.15) is 0 Å². The van der Waals surface area contributed by atoms with Crippen molar-refractivity contribution >= 4 is 5.78 Å². The number of benzene rings is 1. The second-order valence-electron chi connectivity index (χ2n) is 5.97. The Morgan fingerprint density at radius 3 is 2.42 bits per heavy atom. The van der Waals surface area contributed by atoms with Crippen LogP contribution in [-0.4, -0.2) is 17.5 Å². The number of ketones is 1. The van der Waals surface area contributed by atoms with E-state index in [2.05, 4.69) is 6.92 Å². The summed E-state index contributed by atoms with van der Waals surface area (Å²) in [5.41, 5.74) is 1.04. The summed E-state index contributed by atoms with van der Waals surface area (Å²) < 4.78 is 5.39. The first-order valence-electron chi connectivity index (χ1n) is 9.55. The highest BCUT2D eigenvalue weighted by Crippen LogP contribution is 2.28. The number of hydrogen-bond donors (Lipinski definition) is 1. The Kier molecular flexibility index (Phi) is 13.0. The lowest BCUT2D eigenvalue weighted by Gasteiger charge is -2.12. The van der Waals surface area contributed by atoms with E-state index in [1.807, 2.05) is 39.8 Å². The minimum Gasteiger partial charge on any atom is -0.504 e. The molecule has 0 saturated carbocycles. The summed E-state index contributed by atoms with van der Waals surface area (Å²) in [5, 5.41) is 9.70. The topological polar surface area (TPSA) is 46.5 Å². The Morgan fingerprint density at radius 2 is 1.79 bits per heavy atom. The molecule has 0 spiro atoms. The van der Waals surface area contributed by atoms with E-state index < -0.39 is 0 Å². The molecule has 1 unspecified atom stereocenters. The van der Waals surface area contributed by atoms with Gasteiger partial charge in [0.15, 0.2) is 11.5 Å². The lowest BCUT2D eigenvalue weighted by molar-refractivity contribution is -0.122. The number of Topliss-reactive ketones (excluding diaryl/α,β-unsaturated/α-hetero) is 1. The van der Waals surface area contributed by atoms with Crippen LogP contribution in [0.4, 0.5) is 0 Å². The van der Waals surface area contributed by atoms with Gasteiger partial charge in [0.25, 0.3) is 0 Å². The number of hydrogen-bond acceptors (Lipinski definition) is 3. The van der Waals surface area contributed by atoms with Crippen LogP contribution in [0.2, 0.25) is 0 Å². The maximum absolute atomic E-state index is 12.2. The fourth-order valence-corrected chi connectivity index (χ4v) is 2.57. The summed E-state index contributed by atoms with van der Waals surface area (Å²) in [7, 11) is 0. The largest absolute Gasteiger partial charge is 0.504 e. The molecule has 0 aliphatic heterocycles. The first-order valence-corrected chi connectivity index (χ1v) is 9.55. The normalized spacial score (nSPS) is 11.4. The van der Waals surface area contributed by atoms with E-state index in [1.54, 1.807) is 6.07 Å². The Balaban J connectivity index is 0.00000254. The molecule has 0 aliphatic carbocycles. The standard InChI is InChI=1S/C19H30O3.C2H6/c1-4-6-7-8-9-10-17(20)15(3)13-16-11-12-18(21)19(14-16)22-5-2;1-2/h11-12,14-15,21H,4-10,13H2,1-3H3;1-2H3. The van der Waals surface area contributed by atoms with Crippen molar-refractivity contribution in [2.24, 2.45) is 5.92 Å². The predicted molar refractivity (Wildman–Crippen MR) is 102 cm³/mol. The Hall–Kier alpha value is -1.51. The third kappa shape index (κ3) is 8.95. The molecule has 0 saturated heterocycles. The van der Waals surface area contributed by atoms with Crippen molar-refractivity contribution < 1.29 is 14.6 Å². The molecule has 3 nitrogen and oxygen atoms in total. The number of carbonyl (C=O) groups excluding carboxylic acids is 1. The van der Waals surface area contributed by atoms with E-state index in [4.69, 9.17) is 4.74 Å². The van der Waals surface area contributed by atoms with Crippen molar-refractivity contribution in [3.63, 3.8) is 0 Å². The van der Waals surface area contributed by atoms with Crippen molar-refractivity contribution in [3.8, 4) is 11.5 Å². The number of phenolic OH excluding ortho intramolecular Hbond substituents is 1. The second kappa shape index (κ2) is 13.9. The van der Waals surface area contributed by atoms with Crippen LogP contribution in [0.3, 0.4) is 0 Å². The molecule has 1 N–H and O–H groups in total. The van der Waals surface area contributed by atoms with Crippen LogP contribution in [0.25, 0.3) is 0 Å². The van der Waals surface area contributed by atoms with E-state index in [1.165, 1.54) is 19.3 Å². The van der Waals surface area contributed by atoms with Crippen molar-refractivity contribution in [2.45, 2.75) is 79.6 Å². The molecule has 24 heavy (non-hydrogen) atoms. The highest BCUT2D eigenvalue weighted by Gasteiger charge is 2.14. The second-order valence-corrected chi connectivity index (χ2v) is 5.97. The average Bonchev–Trinajstić information content (AvgIpc) is 2.59. The van der Waals surface area contributed by atoms with Gasteiger partial charge in [0, 0.05) is 12.3 Å². The summed E-state index contributed by atoms with van der Waals surface area (Å²) in [6, 6.07) is 5.34. The van der Waals surface area contributed by atoms with E-state index in [0.717, 1.165) is 18.4 Å². The van der Waals surface area contributed by atoms with Crippen LogP contribution in [0, 0.1) is 5.92 Å². The highest BCUT2D eigenvalue weighted by atomic mass is 16.5. The highest BCUT2D eigenvalue weighted by molar-refractivity contribution is 5.80. The number of phenols is 1. The van der Waals surface area contributed by atoms with Gasteiger partial charge in [-0.3, -0.25) is 4.79 Å². The molecular formula is C21H36O3. The van der Waals surface area contributed by atoms with Crippen LogP contribution in [0.1, 0.15) is 78.7 Å². The third-order valence-corrected chi connectivity index (χ3v) is 3.94. The predicted octanol–water partition coefficient (Wildman–Crippen LogP) is 5.93. The molecule has 1 atom stereocenters. The molecule has 0 bridgehead atoms. The SMILES string of the molecule is CC.CCCCCCCC(=O)C(C)Cc1ccc(O)c(OCC)c1. The molecule has 0 amide bonds. The molecule has 1 aromatic carbocycles. The van der Waals surface area contributed by atoms with Gasteiger partial charge in [0.1, 0.15) is 5.78 Å². The Labute approximate surface area is 148 Å². The maximum atomic E-state index is 12.2. The summed E-state index contributed by atoms with van der Waals surface area (Å²) in [5.74, 6) is 1.01. The minimum atomic E-state index is 0.0187. The van der Waals surface area contributed by atoms with Crippen molar-refractivity contribution in [2.75, 3.05) is 6.61 Å². The number of aromatic hydroxyl groups is 1. The van der Waals surface area contributed by atoms with Gasteiger partial charge < -0.3 is 9.84 Å². The van der Waals surface area contributed by atoms with Gasteiger partial charge in [0.2, 0.25) is 0 Å². The molecule has 1 rings (SSSR count). The monoisotopic (exact) mass is 336 g/mol. The minimum absolute atomic E-state index is 0.0187. The lowest BCUT2D eigenvalue weighted by Crippen LogP contribution is -2.13. The van der Waals surface area contributed by atoms with E-state index in [-0.39, 0.29) is 11.7 Å². The molecule has 0 aromatic heterocycles. The number of carbonyl (C=O) groups is 1. The Morgan fingerprint density at radius 1 is 1.12 bits per heavy atom. The van der Waals surface area contributed by atoms with Crippen molar-refractivity contribution in [1.29, 1.82) is 0 Å². The summed E-state index contributed by atoms with van der Waals surface area (Å²) in [6.07, 6.45) is 7.26. The van der Waals surface area contributed by atoms with Crippen LogP contribution in [-0.2, 0) is 11.2 Å².